The molecule has 0 saturated carbocycles. The van der Waals surface area contributed by atoms with E-state index < -0.39 is 35.4 Å². The van der Waals surface area contributed by atoms with E-state index in [0.717, 1.165) is 19.3 Å². The first-order valence-corrected chi connectivity index (χ1v) is 8.01. The van der Waals surface area contributed by atoms with Crippen molar-refractivity contribution in [1.29, 1.82) is 0 Å². The number of aliphatic imine (C=N–C) groups is 1. The topological polar surface area (TPSA) is 45.7 Å². The molecule has 132 valence electrons. The summed E-state index contributed by atoms with van der Waals surface area (Å²) in [7, 11) is 0. The Morgan fingerprint density at radius 1 is 1.21 bits per heavy atom. The Morgan fingerprint density at radius 2 is 1.92 bits per heavy atom. The van der Waals surface area contributed by atoms with Crippen molar-refractivity contribution in [2.75, 3.05) is 6.54 Å². The van der Waals surface area contributed by atoms with Crippen molar-refractivity contribution in [3.63, 3.8) is 0 Å². The largest absolute Gasteiger partial charge is 0.373 e. The second-order valence-electron chi connectivity index (χ2n) is 6.00. The number of benzene rings is 1. The van der Waals surface area contributed by atoms with Gasteiger partial charge in [0.2, 0.25) is 0 Å². The Bertz CT molecular complexity index is 626. The van der Waals surface area contributed by atoms with Crippen LogP contribution in [0.25, 0.3) is 0 Å². The molecule has 0 radical (unpaired) electrons. The summed E-state index contributed by atoms with van der Waals surface area (Å²) in [5.41, 5.74) is -0.728. The lowest BCUT2D eigenvalue weighted by molar-refractivity contribution is 0.0992. The van der Waals surface area contributed by atoms with Crippen LogP contribution in [0, 0.1) is 23.3 Å². The van der Waals surface area contributed by atoms with Gasteiger partial charge >= 0.3 is 0 Å². The minimum Gasteiger partial charge on any atom is -0.373 e. The van der Waals surface area contributed by atoms with Crippen molar-refractivity contribution in [3.8, 4) is 0 Å². The van der Waals surface area contributed by atoms with E-state index in [1.807, 2.05) is 6.92 Å². The van der Waals surface area contributed by atoms with Crippen molar-refractivity contribution in [1.82, 2.24) is 10.6 Å². The number of ether oxygens (including phenoxy) is 1. The molecule has 2 N–H and O–H groups in total. The molecule has 2 aliphatic rings. The summed E-state index contributed by atoms with van der Waals surface area (Å²) < 4.78 is 59.6. The number of halogens is 4. The zero-order valence-electron chi connectivity index (χ0n) is 13.2. The summed E-state index contributed by atoms with van der Waals surface area (Å²) in [6.45, 7) is 1.87. The van der Waals surface area contributed by atoms with E-state index in [0.29, 0.717) is 12.5 Å². The Kier molecular flexibility index (Phi) is 4.93. The van der Waals surface area contributed by atoms with Crippen LogP contribution in [0.4, 0.5) is 17.6 Å². The summed E-state index contributed by atoms with van der Waals surface area (Å²) in [5, 5.41) is 6.13. The summed E-state index contributed by atoms with van der Waals surface area (Å²) in [6.07, 6.45) is 3.17. The first-order chi connectivity index (χ1) is 11.5. The van der Waals surface area contributed by atoms with Crippen LogP contribution >= 0.6 is 0 Å². The smallest absolute Gasteiger partial charge is 0.191 e. The summed E-state index contributed by atoms with van der Waals surface area (Å²) in [4.78, 5) is 4.06. The molecule has 3 unspecified atom stereocenters. The average molecular weight is 345 g/mol. The average Bonchev–Trinajstić information content (AvgIpc) is 3.16. The first kappa shape index (κ1) is 17.0. The van der Waals surface area contributed by atoms with Crippen LogP contribution in [0.5, 0.6) is 0 Å². The van der Waals surface area contributed by atoms with Gasteiger partial charge in [-0.15, -0.1) is 0 Å². The second-order valence-corrected chi connectivity index (χ2v) is 6.00. The summed E-state index contributed by atoms with van der Waals surface area (Å²) in [6, 6.07) is 0.258. The molecular formula is C16H19F4N3O. The van der Waals surface area contributed by atoms with Gasteiger partial charge in [-0.3, -0.25) is 0 Å². The molecule has 8 heteroatoms. The van der Waals surface area contributed by atoms with E-state index in [4.69, 9.17) is 4.74 Å². The highest BCUT2D eigenvalue weighted by Crippen LogP contribution is 2.34. The molecule has 0 spiro atoms. The molecule has 1 aromatic rings. The van der Waals surface area contributed by atoms with Crippen molar-refractivity contribution in [2.24, 2.45) is 4.99 Å². The van der Waals surface area contributed by atoms with Crippen molar-refractivity contribution >= 4 is 5.96 Å². The lowest BCUT2D eigenvalue weighted by Crippen LogP contribution is -2.47. The van der Waals surface area contributed by atoms with Gasteiger partial charge in [-0.25, -0.2) is 22.6 Å². The second kappa shape index (κ2) is 6.96. The maximum atomic E-state index is 13.7. The van der Waals surface area contributed by atoms with Crippen LogP contribution in [0.1, 0.15) is 31.7 Å². The minimum atomic E-state index is -1.43. The fraction of sp³-hybridized carbons (Fsp3) is 0.562. The highest BCUT2D eigenvalue weighted by atomic mass is 19.2. The number of nitrogens with zero attached hydrogens (tertiary/aromatic N) is 1. The van der Waals surface area contributed by atoms with E-state index in [-0.39, 0.29) is 24.3 Å². The van der Waals surface area contributed by atoms with Gasteiger partial charge in [0.25, 0.3) is 0 Å². The van der Waals surface area contributed by atoms with Gasteiger partial charge in [0.1, 0.15) is 0 Å². The minimum absolute atomic E-state index is 0.0699. The molecule has 4 nitrogen and oxygen atoms in total. The summed E-state index contributed by atoms with van der Waals surface area (Å²) in [5.74, 6) is -5.37. The predicted molar refractivity (Wildman–Crippen MR) is 80.5 cm³/mol. The van der Waals surface area contributed by atoms with Gasteiger partial charge in [-0.2, -0.15) is 0 Å². The maximum absolute atomic E-state index is 13.7. The molecule has 2 aliphatic heterocycles. The molecule has 2 saturated heterocycles. The van der Waals surface area contributed by atoms with E-state index in [1.54, 1.807) is 0 Å². The van der Waals surface area contributed by atoms with Gasteiger partial charge in [0.05, 0.1) is 30.4 Å². The Balaban J connectivity index is 1.75. The molecule has 0 aliphatic carbocycles. The molecule has 24 heavy (non-hydrogen) atoms. The van der Waals surface area contributed by atoms with Crippen LogP contribution in [0.2, 0.25) is 0 Å². The monoisotopic (exact) mass is 345 g/mol. The van der Waals surface area contributed by atoms with Crippen molar-refractivity contribution in [2.45, 2.75) is 51.0 Å². The van der Waals surface area contributed by atoms with E-state index in [9.17, 15) is 17.6 Å². The van der Waals surface area contributed by atoms with Crippen molar-refractivity contribution in [3.05, 3.63) is 34.9 Å². The van der Waals surface area contributed by atoms with Crippen LogP contribution in [0.15, 0.2) is 11.1 Å². The van der Waals surface area contributed by atoms with Crippen LogP contribution in [-0.2, 0) is 11.3 Å². The third kappa shape index (κ3) is 3.33. The molecule has 3 rings (SSSR count). The third-order valence-corrected chi connectivity index (χ3v) is 4.37. The predicted octanol–water partition coefficient (Wildman–Crippen LogP) is 2.62. The Hall–Kier alpha value is -1.83. The quantitative estimate of drug-likeness (QED) is 0.382. The Labute approximate surface area is 137 Å². The maximum Gasteiger partial charge on any atom is 0.191 e. The Morgan fingerprint density at radius 3 is 2.46 bits per heavy atom. The van der Waals surface area contributed by atoms with E-state index >= 15 is 0 Å². The SMILES string of the molecule is CCNC(=NCc1c(F)c(F)cc(F)c1F)NC1CC2CCC1O2. The molecule has 2 bridgehead atoms. The van der Waals surface area contributed by atoms with Gasteiger partial charge in [-0.05, 0) is 26.2 Å². The lowest BCUT2D eigenvalue weighted by Gasteiger charge is -2.22. The zero-order chi connectivity index (χ0) is 17.3. The number of fused-ring (bicyclic) bond motifs is 2. The standard InChI is InChI=1S/C16H19F4N3O/c1-2-21-16(23-12-5-8-3-4-13(12)24-8)22-7-9-14(19)10(17)6-11(18)15(9)20/h6,8,12-13H,2-5,7H2,1H3,(H2,21,22,23). The number of nitrogens with one attached hydrogen (secondary N) is 2. The number of rotatable bonds is 4. The zero-order valence-corrected chi connectivity index (χ0v) is 13.2. The fourth-order valence-electron chi connectivity index (χ4n) is 3.20. The normalized spacial score (nSPS) is 26.0. The molecule has 0 amide bonds. The van der Waals surface area contributed by atoms with E-state index in [2.05, 4.69) is 15.6 Å². The lowest BCUT2D eigenvalue weighted by atomic mass is 9.96. The number of hydrogen-bond acceptors (Lipinski definition) is 2. The van der Waals surface area contributed by atoms with Crippen LogP contribution < -0.4 is 10.6 Å². The van der Waals surface area contributed by atoms with Crippen molar-refractivity contribution < 1.29 is 22.3 Å². The molecule has 3 atom stereocenters. The third-order valence-electron chi connectivity index (χ3n) is 4.37. The van der Waals surface area contributed by atoms with Gasteiger partial charge in [-0.1, -0.05) is 0 Å². The molecule has 0 aromatic heterocycles. The molecule has 2 heterocycles. The highest BCUT2D eigenvalue weighted by Gasteiger charge is 2.41. The van der Waals surface area contributed by atoms with E-state index in [1.165, 1.54) is 0 Å². The van der Waals surface area contributed by atoms with Gasteiger partial charge in [0, 0.05) is 12.6 Å². The molecule has 1 aromatic carbocycles. The molecular weight excluding hydrogens is 326 g/mol. The number of guanidine groups is 1. The number of hydrogen-bond donors (Lipinski definition) is 2. The van der Waals surface area contributed by atoms with Crippen LogP contribution in [0.3, 0.4) is 0 Å². The van der Waals surface area contributed by atoms with Gasteiger partial charge < -0.3 is 15.4 Å². The highest BCUT2D eigenvalue weighted by molar-refractivity contribution is 5.80. The summed E-state index contributed by atoms with van der Waals surface area (Å²) >= 11 is 0. The van der Waals surface area contributed by atoms with Crippen LogP contribution in [-0.4, -0.2) is 30.8 Å². The fourth-order valence-corrected chi connectivity index (χ4v) is 3.20. The first-order valence-electron chi connectivity index (χ1n) is 8.01. The molecule has 2 fully saturated rings. The van der Waals surface area contributed by atoms with Gasteiger partial charge in [0.15, 0.2) is 29.2 Å².